The van der Waals surface area contributed by atoms with Crippen molar-refractivity contribution in [3.63, 3.8) is 0 Å². The maximum absolute atomic E-state index is 11.8. The van der Waals surface area contributed by atoms with Crippen molar-refractivity contribution in [3.05, 3.63) is 0 Å². The van der Waals surface area contributed by atoms with Gasteiger partial charge in [0.1, 0.15) is 0 Å². The zero-order valence-corrected chi connectivity index (χ0v) is 12.7. The Bertz CT molecular complexity index is 275. The minimum Gasteiger partial charge on any atom is -0.381 e. The third kappa shape index (κ3) is 5.67. The molecule has 2 aliphatic heterocycles. The molecule has 1 atom stereocenters. The summed E-state index contributed by atoms with van der Waals surface area (Å²) in [6.45, 7) is 6.97. The molecule has 2 fully saturated rings. The molecule has 0 aromatic heterocycles. The Balaban J connectivity index is 0.00000180. The molecular weight excluding hydrogens is 264 g/mol. The zero-order chi connectivity index (χ0) is 12.8. The quantitative estimate of drug-likeness (QED) is 0.811. The van der Waals surface area contributed by atoms with Crippen molar-refractivity contribution in [3.8, 4) is 0 Å². The molecule has 2 saturated heterocycles. The highest BCUT2D eigenvalue weighted by atomic mass is 35.5. The molecule has 0 bridgehead atoms. The van der Waals surface area contributed by atoms with Gasteiger partial charge in [-0.15, -0.1) is 12.4 Å². The molecule has 1 amide bonds. The van der Waals surface area contributed by atoms with Gasteiger partial charge in [0.05, 0.1) is 0 Å². The van der Waals surface area contributed by atoms with Crippen LogP contribution >= 0.6 is 12.4 Å². The predicted octanol–water partition coefficient (Wildman–Crippen LogP) is 1.73. The lowest BCUT2D eigenvalue weighted by molar-refractivity contribution is -0.122. The smallest absolute Gasteiger partial charge is 0.220 e. The molecule has 0 aromatic carbocycles. The van der Waals surface area contributed by atoms with Crippen LogP contribution in [0.3, 0.4) is 0 Å². The van der Waals surface area contributed by atoms with E-state index in [1.807, 2.05) is 0 Å². The van der Waals surface area contributed by atoms with Crippen LogP contribution in [0.15, 0.2) is 0 Å². The van der Waals surface area contributed by atoms with Crippen molar-refractivity contribution in [2.24, 2.45) is 11.3 Å². The summed E-state index contributed by atoms with van der Waals surface area (Å²) < 4.78 is 5.32. The molecule has 0 aromatic rings. The van der Waals surface area contributed by atoms with Crippen molar-refractivity contribution in [1.82, 2.24) is 10.6 Å². The SMILES string of the molecule is CC1(CNC(=O)CCC2CCOC2)CCNCC1.Cl. The molecule has 2 aliphatic rings. The van der Waals surface area contributed by atoms with Gasteiger partial charge in [-0.2, -0.15) is 0 Å². The number of halogens is 1. The topological polar surface area (TPSA) is 50.4 Å². The monoisotopic (exact) mass is 290 g/mol. The first-order chi connectivity index (χ1) is 8.68. The Hall–Kier alpha value is -0.320. The fourth-order valence-corrected chi connectivity index (χ4v) is 2.75. The molecule has 2 rings (SSSR count). The fraction of sp³-hybridized carbons (Fsp3) is 0.929. The minimum absolute atomic E-state index is 0. The minimum atomic E-state index is 0. The lowest BCUT2D eigenvalue weighted by atomic mass is 9.81. The van der Waals surface area contributed by atoms with Crippen molar-refractivity contribution < 1.29 is 9.53 Å². The Kier molecular flexibility index (Phi) is 7.11. The van der Waals surface area contributed by atoms with Gasteiger partial charge in [0, 0.05) is 26.2 Å². The predicted molar refractivity (Wildman–Crippen MR) is 78.6 cm³/mol. The number of ether oxygens (including phenoxy) is 1. The average Bonchev–Trinajstić information content (AvgIpc) is 2.88. The first-order valence-electron chi connectivity index (χ1n) is 7.23. The molecule has 4 nitrogen and oxygen atoms in total. The van der Waals surface area contributed by atoms with Crippen molar-refractivity contribution in [2.45, 2.75) is 39.0 Å². The first-order valence-corrected chi connectivity index (χ1v) is 7.23. The van der Waals surface area contributed by atoms with Crippen molar-refractivity contribution >= 4 is 18.3 Å². The second-order valence-electron chi connectivity index (χ2n) is 6.11. The molecule has 2 N–H and O–H groups in total. The van der Waals surface area contributed by atoms with Gasteiger partial charge in [-0.25, -0.2) is 0 Å². The molecule has 19 heavy (non-hydrogen) atoms. The third-order valence-corrected chi connectivity index (χ3v) is 4.33. The van der Waals surface area contributed by atoms with E-state index in [9.17, 15) is 4.79 Å². The summed E-state index contributed by atoms with van der Waals surface area (Å²) >= 11 is 0. The summed E-state index contributed by atoms with van der Waals surface area (Å²) in [4.78, 5) is 11.8. The fourth-order valence-electron chi connectivity index (χ4n) is 2.75. The van der Waals surface area contributed by atoms with Gasteiger partial charge in [-0.1, -0.05) is 6.92 Å². The maximum Gasteiger partial charge on any atom is 0.220 e. The van der Waals surface area contributed by atoms with E-state index in [4.69, 9.17) is 4.74 Å². The van der Waals surface area contributed by atoms with E-state index in [1.165, 1.54) is 0 Å². The summed E-state index contributed by atoms with van der Waals surface area (Å²) in [7, 11) is 0. The van der Waals surface area contributed by atoms with E-state index in [2.05, 4.69) is 17.6 Å². The molecule has 1 unspecified atom stereocenters. The number of nitrogens with one attached hydrogen (secondary N) is 2. The van der Waals surface area contributed by atoms with Crippen LogP contribution in [0.4, 0.5) is 0 Å². The Labute approximate surface area is 122 Å². The molecule has 0 spiro atoms. The summed E-state index contributed by atoms with van der Waals surface area (Å²) in [6.07, 6.45) is 5.07. The Morgan fingerprint density at radius 3 is 2.79 bits per heavy atom. The molecular formula is C14H27ClN2O2. The standard InChI is InChI=1S/C14H26N2O2.ClH/c1-14(5-7-15-8-6-14)11-16-13(17)3-2-12-4-9-18-10-12;/h12,15H,2-11H2,1H3,(H,16,17);1H. The normalized spacial score (nSPS) is 25.6. The number of hydrogen-bond donors (Lipinski definition) is 2. The van der Waals surface area contributed by atoms with E-state index >= 15 is 0 Å². The number of amides is 1. The second kappa shape index (κ2) is 8.08. The van der Waals surface area contributed by atoms with Gasteiger partial charge in [-0.05, 0) is 50.1 Å². The Morgan fingerprint density at radius 2 is 2.16 bits per heavy atom. The zero-order valence-electron chi connectivity index (χ0n) is 11.9. The average molecular weight is 291 g/mol. The third-order valence-electron chi connectivity index (χ3n) is 4.33. The van der Waals surface area contributed by atoms with Gasteiger partial charge >= 0.3 is 0 Å². The lowest BCUT2D eigenvalue weighted by Crippen LogP contribution is -2.42. The van der Waals surface area contributed by atoms with Gasteiger partial charge in [0.15, 0.2) is 0 Å². The number of piperidine rings is 1. The number of carbonyl (C=O) groups excluding carboxylic acids is 1. The maximum atomic E-state index is 11.8. The number of hydrogen-bond acceptors (Lipinski definition) is 3. The van der Waals surface area contributed by atoms with E-state index in [-0.39, 0.29) is 23.7 Å². The van der Waals surface area contributed by atoms with Crippen LogP contribution in [0.1, 0.15) is 39.0 Å². The van der Waals surface area contributed by atoms with Crippen molar-refractivity contribution in [1.29, 1.82) is 0 Å². The van der Waals surface area contributed by atoms with Crippen LogP contribution in [0.2, 0.25) is 0 Å². The highest BCUT2D eigenvalue weighted by Gasteiger charge is 2.27. The van der Waals surface area contributed by atoms with E-state index in [0.717, 1.165) is 58.5 Å². The van der Waals surface area contributed by atoms with Gasteiger partial charge in [0.25, 0.3) is 0 Å². The first kappa shape index (κ1) is 16.7. The molecule has 0 saturated carbocycles. The highest BCUT2D eigenvalue weighted by molar-refractivity contribution is 5.85. The second-order valence-corrected chi connectivity index (χ2v) is 6.11. The van der Waals surface area contributed by atoms with E-state index in [0.29, 0.717) is 12.3 Å². The van der Waals surface area contributed by atoms with Crippen molar-refractivity contribution in [2.75, 3.05) is 32.8 Å². The van der Waals surface area contributed by atoms with Gasteiger partial charge in [0.2, 0.25) is 5.91 Å². The summed E-state index contributed by atoms with van der Waals surface area (Å²) in [6, 6.07) is 0. The summed E-state index contributed by atoms with van der Waals surface area (Å²) in [5, 5.41) is 6.47. The molecule has 5 heteroatoms. The highest BCUT2D eigenvalue weighted by Crippen LogP contribution is 2.26. The summed E-state index contributed by atoms with van der Waals surface area (Å²) in [5.41, 5.74) is 0.289. The largest absolute Gasteiger partial charge is 0.381 e. The van der Waals surface area contributed by atoms with Crippen LogP contribution in [-0.2, 0) is 9.53 Å². The number of rotatable bonds is 5. The Morgan fingerprint density at radius 1 is 1.42 bits per heavy atom. The molecule has 0 radical (unpaired) electrons. The lowest BCUT2D eigenvalue weighted by Gasteiger charge is -2.34. The van der Waals surface area contributed by atoms with Crippen LogP contribution < -0.4 is 10.6 Å². The molecule has 0 aliphatic carbocycles. The van der Waals surface area contributed by atoms with E-state index < -0.39 is 0 Å². The molecule has 2 heterocycles. The van der Waals surface area contributed by atoms with Crippen LogP contribution in [0.25, 0.3) is 0 Å². The molecule has 112 valence electrons. The summed E-state index contributed by atoms with van der Waals surface area (Å²) in [5.74, 6) is 0.812. The van der Waals surface area contributed by atoms with Gasteiger partial charge in [-0.3, -0.25) is 4.79 Å². The van der Waals surface area contributed by atoms with Crippen LogP contribution in [-0.4, -0.2) is 38.8 Å². The van der Waals surface area contributed by atoms with Crippen LogP contribution in [0, 0.1) is 11.3 Å². The van der Waals surface area contributed by atoms with Gasteiger partial charge < -0.3 is 15.4 Å². The van der Waals surface area contributed by atoms with E-state index in [1.54, 1.807) is 0 Å². The number of carbonyl (C=O) groups is 1. The van der Waals surface area contributed by atoms with Crippen LogP contribution in [0.5, 0.6) is 0 Å².